The molecule has 2 aromatic carbocycles. The molecule has 126 valence electrons. The normalized spacial score (nSPS) is 10.5. The van der Waals surface area contributed by atoms with Crippen molar-refractivity contribution in [2.45, 2.75) is 0 Å². The third-order valence-corrected chi connectivity index (χ3v) is 4.16. The lowest BCUT2D eigenvalue weighted by atomic mass is 10.2. The van der Waals surface area contributed by atoms with Crippen LogP contribution in [0.2, 0.25) is 10.0 Å². The molecule has 3 rings (SSSR count). The lowest BCUT2D eigenvalue weighted by Gasteiger charge is -2.17. The standard InChI is InChI=1S/C18H13Cl2N3O2/c1-22(16-8-3-2-7-14(16)20)18(25)15-9-10-23(21-15)17(24)12-5-4-6-13(19)11-12/h2-11H,1H3. The molecule has 0 fully saturated rings. The van der Waals surface area contributed by atoms with Gasteiger partial charge in [-0.25, -0.2) is 4.68 Å². The smallest absolute Gasteiger partial charge is 0.278 e. The highest BCUT2D eigenvalue weighted by Gasteiger charge is 2.20. The van der Waals surface area contributed by atoms with Crippen molar-refractivity contribution in [1.82, 2.24) is 9.78 Å². The van der Waals surface area contributed by atoms with Crippen LogP contribution in [0.4, 0.5) is 5.69 Å². The Labute approximate surface area is 154 Å². The second-order valence-corrected chi connectivity index (χ2v) is 6.12. The van der Waals surface area contributed by atoms with Gasteiger partial charge in [0.1, 0.15) is 0 Å². The Morgan fingerprint density at radius 3 is 2.52 bits per heavy atom. The van der Waals surface area contributed by atoms with Crippen LogP contribution in [0, 0.1) is 0 Å². The van der Waals surface area contributed by atoms with Crippen LogP contribution in [0.25, 0.3) is 0 Å². The average molecular weight is 374 g/mol. The Balaban J connectivity index is 1.85. The molecule has 1 amide bonds. The molecule has 1 heterocycles. The van der Waals surface area contributed by atoms with Gasteiger partial charge >= 0.3 is 0 Å². The number of anilines is 1. The molecule has 0 saturated heterocycles. The second-order valence-electron chi connectivity index (χ2n) is 5.28. The van der Waals surface area contributed by atoms with Gasteiger partial charge in [0.2, 0.25) is 0 Å². The van der Waals surface area contributed by atoms with Crippen LogP contribution in [-0.2, 0) is 0 Å². The number of aromatic nitrogens is 2. The van der Waals surface area contributed by atoms with Crippen molar-refractivity contribution in [3.05, 3.63) is 82.1 Å². The molecule has 0 aliphatic heterocycles. The zero-order chi connectivity index (χ0) is 18.0. The molecule has 0 atom stereocenters. The summed E-state index contributed by atoms with van der Waals surface area (Å²) >= 11 is 12.0. The van der Waals surface area contributed by atoms with Crippen molar-refractivity contribution in [3.8, 4) is 0 Å². The average Bonchev–Trinajstić information content (AvgIpc) is 3.10. The fourth-order valence-electron chi connectivity index (χ4n) is 2.31. The maximum atomic E-state index is 12.6. The van der Waals surface area contributed by atoms with Crippen molar-refractivity contribution >= 4 is 40.7 Å². The summed E-state index contributed by atoms with van der Waals surface area (Å²) in [6.07, 6.45) is 1.44. The Morgan fingerprint density at radius 1 is 1.04 bits per heavy atom. The number of rotatable bonds is 3. The van der Waals surface area contributed by atoms with E-state index in [1.54, 1.807) is 55.6 Å². The molecule has 25 heavy (non-hydrogen) atoms. The first-order valence-corrected chi connectivity index (χ1v) is 8.11. The Morgan fingerprint density at radius 2 is 1.80 bits per heavy atom. The van der Waals surface area contributed by atoms with E-state index in [1.807, 2.05) is 0 Å². The van der Waals surface area contributed by atoms with Gasteiger partial charge in [0.15, 0.2) is 5.69 Å². The number of benzene rings is 2. The largest absolute Gasteiger partial charge is 0.309 e. The van der Waals surface area contributed by atoms with Crippen molar-refractivity contribution in [3.63, 3.8) is 0 Å². The fourth-order valence-corrected chi connectivity index (χ4v) is 2.76. The zero-order valence-corrected chi connectivity index (χ0v) is 14.7. The molecule has 7 heteroatoms. The zero-order valence-electron chi connectivity index (χ0n) is 13.2. The first-order valence-electron chi connectivity index (χ1n) is 7.36. The first-order chi connectivity index (χ1) is 12.0. The van der Waals surface area contributed by atoms with E-state index in [9.17, 15) is 9.59 Å². The van der Waals surface area contributed by atoms with Gasteiger partial charge < -0.3 is 4.90 Å². The molecular weight excluding hydrogens is 361 g/mol. The predicted molar refractivity (Wildman–Crippen MR) is 97.6 cm³/mol. The number of hydrogen-bond acceptors (Lipinski definition) is 3. The summed E-state index contributed by atoms with van der Waals surface area (Å²) in [6.45, 7) is 0. The summed E-state index contributed by atoms with van der Waals surface area (Å²) in [5, 5.41) is 4.99. The lowest BCUT2D eigenvalue weighted by molar-refractivity contribution is 0.0943. The van der Waals surface area contributed by atoms with Gasteiger partial charge in [-0.05, 0) is 36.4 Å². The van der Waals surface area contributed by atoms with E-state index >= 15 is 0 Å². The fraction of sp³-hybridized carbons (Fsp3) is 0.0556. The summed E-state index contributed by atoms with van der Waals surface area (Å²) in [4.78, 5) is 26.4. The molecule has 3 aromatic rings. The third-order valence-electron chi connectivity index (χ3n) is 3.61. The number of amides is 1. The SMILES string of the molecule is CN(C(=O)c1ccn(C(=O)c2cccc(Cl)c2)n1)c1ccccc1Cl. The molecule has 0 bridgehead atoms. The van der Waals surface area contributed by atoms with E-state index in [0.717, 1.165) is 4.68 Å². The highest BCUT2D eigenvalue weighted by molar-refractivity contribution is 6.34. The number of carbonyl (C=O) groups is 2. The van der Waals surface area contributed by atoms with E-state index in [2.05, 4.69) is 5.10 Å². The van der Waals surface area contributed by atoms with Crippen LogP contribution in [0.15, 0.2) is 60.8 Å². The van der Waals surface area contributed by atoms with Gasteiger partial charge in [-0.1, -0.05) is 41.4 Å². The number of para-hydroxylation sites is 1. The predicted octanol–water partition coefficient (Wildman–Crippen LogP) is 4.16. The van der Waals surface area contributed by atoms with Crippen LogP contribution in [0.1, 0.15) is 20.8 Å². The summed E-state index contributed by atoms with van der Waals surface area (Å²) in [5.41, 5.74) is 1.08. The van der Waals surface area contributed by atoms with E-state index in [1.165, 1.54) is 17.2 Å². The van der Waals surface area contributed by atoms with E-state index in [-0.39, 0.29) is 17.5 Å². The summed E-state index contributed by atoms with van der Waals surface area (Å²) in [7, 11) is 1.60. The molecule has 0 N–H and O–H groups in total. The molecule has 1 aromatic heterocycles. The van der Waals surface area contributed by atoms with E-state index < -0.39 is 0 Å². The Bertz CT molecular complexity index is 953. The number of nitrogens with zero attached hydrogens (tertiary/aromatic N) is 3. The minimum atomic E-state index is -0.373. The van der Waals surface area contributed by atoms with Crippen LogP contribution < -0.4 is 4.90 Å². The maximum Gasteiger partial charge on any atom is 0.278 e. The lowest BCUT2D eigenvalue weighted by Crippen LogP contribution is -2.27. The minimum absolute atomic E-state index is 0.137. The molecule has 0 radical (unpaired) electrons. The van der Waals surface area contributed by atoms with Crippen LogP contribution in [-0.4, -0.2) is 28.6 Å². The van der Waals surface area contributed by atoms with Crippen LogP contribution in [0.5, 0.6) is 0 Å². The van der Waals surface area contributed by atoms with Crippen LogP contribution >= 0.6 is 23.2 Å². The highest BCUT2D eigenvalue weighted by Crippen LogP contribution is 2.25. The van der Waals surface area contributed by atoms with Gasteiger partial charge in [0.25, 0.3) is 11.8 Å². The van der Waals surface area contributed by atoms with Gasteiger partial charge in [-0.15, -0.1) is 0 Å². The topological polar surface area (TPSA) is 55.2 Å². The number of carbonyl (C=O) groups excluding carboxylic acids is 2. The van der Waals surface area contributed by atoms with Gasteiger partial charge in [-0.2, -0.15) is 5.10 Å². The molecular formula is C18H13Cl2N3O2. The van der Waals surface area contributed by atoms with E-state index in [4.69, 9.17) is 23.2 Å². The molecule has 0 aliphatic rings. The van der Waals surface area contributed by atoms with Gasteiger partial charge in [-0.3, -0.25) is 9.59 Å². The van der Waals surface area contributed by atoms with Gasteiger partial charge in [0, 0.05) is 23.8 Å². The second kappa shape index (κ2) is 7.09. The Kier molecular flexibility index (Phi) is 4.88. The third kappa shape index (κ3) is 3.57. The molecule has 0 aliphatic carbocycles. The molecule has 0 saturated carbocycles. The quantitative estimate of drug-likeness (QED) is 0.692. The maximum absolute atomic E-state index is 12.6. The highest BCUT2D eigenvalue weighted by atomic mass is 35.5. The summed E-state index contributed by atoms with van der Waals surface area (Å²) < 4.78 is 1.11. The van der Waals surface area contributed by atoms with Crippen molar-refractivity contribution in [1.29, 1.82) is 0 Å². The number of halogens is 2. The van der Waals surface area contributed by atoms with Crippen LogP contribution in [0.3, 0.4) is 0 Å². The van der Waals surface area contributed by atoms with Crippen molar-refractivity contribution in [2.24, 2.45) is 0 Å². The van der Waals surface area contributed by atoms with E-state index in [0.29, 0.717) is 21.3 Å². The first kappa shape index (κ1) is 17.2. The number of hydrogen-bond donors (Lipinski definition) is 0. The molecule has 0 unspecified atom stereocenters. The summed E-state index contributed by atoms with van der Waals surface area (Å²) in [5.74, 6) is -0.743. The molecule has 5 nitrogen and oxygen atoms in total. The minimum Gasteiger partial charge on any atom is -0.309 e. The summed E-state index contributed by atoms with van der Waals surface area (Å²) in [6, 6.07) is 15.0. The Hall–Kier alpha value is -2.63. The van der Waals surface area contributed by atoms with Crippen molar-refractivity contribution < 1.29 is 9.59 Å². The molecule has 0 spiro atoms. The van der Waals surface area contributed by atoms with Gasteiger partial charge in [0.05, 0.1) is 10.7 Å². The van der Waals surface area contributed by atoms with Crippen molar-refractivity contribution in [2.75, 3.05) is 11.9 Å². The monoisotopic (exact) mass is 373 g/mol.